The smallest absolute Gasteiger partial charge is 0.252 e. The summed E-state index contributed by atoms with van der Waals surface area (Å²) in [6, 6.07) is 15.5. The SMILES string of the molecule is O=C(Nc1nc2c(s1)-c1cccc3cccc-2c13)C1CCN(S(=O)(=O)c2ccc(Cl)s2)CC1. The van der Waals surface area contributed by atoms with Crippen molar-refractivity contribution in [3.8, 4) is 21.7 Å². The molecule has 0 radical (unpaired) electrons. The van der Waals surface area contributed by atoms with Crippen LogP contribution in [-0.4, -0.2) is 36.7 Å². The number of thiophene rings is 1. The lowest BCUT2D eigenvalue weighted by Gasteiger charge is -2.29. The van der Waals surface area contributed by atoms with Gasteiger partial charge in [0, 0.05) is 30.1 Å². The number of thiazole rings is 1. The minimum Gasteiger partial charge on any atom is -0.302 e. The number of carbonyl (C=O) groups is 1. The number of nitrogens with zero attached hydrogens (tertiary/aromatic N) is 2. The van der Waals surface area contributed by atoms with E-state index < -0.39 is 10.0 Å². The second-order valence-electron chi connectivity index (χ2n) is 8.13. The molecule has 4 aromatic rings. The number of rotatable bonds is 4. The van der Waals surface area contributed by atoms with Crippen molar-refractivity contribution in [3.05, 3.63) is 52.9 Å². The molecule has 1 aliphatic carbocycles. The topological polar surface area (TPSA) is 79.4 Å². The Labute approximate surface area is 203 Å². The van der Waals surface area contributed by atoms with E-state index in [-0.39, 0.29) is 16.0 Å². The van der Waals surface area contributed by atoms with E-state index in [2.05, 4.69) is 29.6 Å². The number of carbonyl (C=O) groups excluding carboxylic acids is 1. The Bertz CT molecular complexity index is 1460. The fourth-order valence-corrected chi connectivity index (χ4v) is 8.72. The summed E-state index contributed by atoms with van der Waals surface area (Å²) >= 11 is 8.44. The van der Waals surface area contributed by atoms with Crippen LogP contribution in [0.1, 0.15) is 12.8 Å². The number of amides is 1. The second-order valence-corrected chi connectivity index (χ2v) is 13.0. The first-order valence-electron chi connectivity index (χ1n) is 10.5. The van der Waals surface area contributed by atoms with Crippen molar-refractivity contribution in [1.82, 2.24) is 9.29 Å². The summed E-state index contributed by atoms with van der Waals surface area (Å²) in [6.07, 6.45) is 0.939. The van der Waals surface area contributed by atoms with Gasteiger partial charge in [0.15, 0.2) is 5.13 Å². The maximum absolute atomic E-state index is 12.9. The molecule has 1 saturated heterocycles. The van der Waals surface area contributed by atoms with Gasteiger partial charge in [-0.2, -0.15) is 4.31 Å². The Morgan fingerprint density at radius 2 is 1.76 bits per heavy atom. The van der Waals surface area contributed by atoms with Crippen LogP contribution in [0.3, 0.4) is 0 Å². The molecule has 168 valence electrons. The van der Waals surface area contributed by atoms with Crippen molar-refractivity contribution < 1.29 is 13.2 Å². The maximum atomic E-state index is 12.9. The molecule has 10 heteroatoms. The summed E-state index contributed by atoms with van der Waals surface area (Å²) in [5, 5.41) is 5.96. The molecule has 0 unspecified atom stereocenters. The fraction of sp³-hybridized carbons (Fsp3) is 0.217. The number of piperidine rings is 1. The van der Waals surface area contributed by atoms with Crippen molar-refractivity contribution >= 4 is 66.1 Å². The highest BCUT2D eigenvalue weighted by Gasteiger charge is 2.33. The number of benzene rings is 2. The molecule has 0 atom stereocenters. The Morgan fingerprint density at radius 1 is 1.03 bits per heavy atom. The minimum atomic E-state index is -3.57. The lowest BCUT2D eigenvalue weighted by Crippen LogP contribution is -2.41. The Morgan fingerprint density at radius 3 is 2.45 bits per heavy atom. The number of hydrogen-bond acceptors (Lipinski definition) is 6. The van der Waals surface area contributed by atoms with E-state index in [0.29, 0.717) is 35.4 Å². The van der Waals surface area contributed by atoms with Crippen LogP contribution in [0, 0.1) is 5.92 Å². The number of anilines is 1. The molecule has 2 aromatic carbocycles. The number of sulfonamides is 1. The van der Waals surface area contributed by atoms with E-state index in [0.717, 1.165) is 33.0 Å². The number of hydrogen-bond donors (Lipinski definition) is 1. The standard InChI is InChI=1S/C23H18ClN3O3S3/c24-17-7-8-18(31-17)33(29,30)27-11-9-14(10-12-27)22(28)26-23-25-20-15-5-1-3-13-4-2-6-16(19(13)15)21(20)32-23/h1-8,14H,9-12H2,(H,25,26,28). The third-order valence-corrected chi connectivity index (χ3v) is 10.8. The Balaban J connectivity index is 1.16. The molecule has 1 aliphatic heterocycles. The van der Waals surface area contributed by atoms with Gasteiger partial charge in [0.1, 0.15) is 4.21 Å². The van der Waals surface area contributed by atoms with Gasteiger partial charge in [-0.1, -0.05) is 59.3 Å². The highest BCUT2D eigenvalue weighted by atomic mass is 35.5. The highest BCUT2D eigenvalue weighted by Crippen LogP contribution is 2.50. The van der Waals surface area contributed by atoms with E-state index in [4.69, 9.17) is 16.6 Å². The van der Waals surface area contributed by atoms with Gasteiger partial charge in [-0.25, -0.2) is 13.4 Å². The summed E-state index contributed by atoms with van der Waals surface area (Å²) < 4.78 is 27.7. The average molecular weight is 516 g/mol. The van der Waals surface area contributed by atoms with Crippen molar-refractivity contribution in [3.63, 3.8) is 0 Å². The van der Waals surface area contributed by atoms with Crippen molar-refractivity contribution in [2.75, 3.05) is 18.4 Å². The molecule has 0 bridgehead atoms. The van der Waals surface area contributed by atoms with Crippen LogP contribution in [0.15, 0.2) is 52.7 Å². The van der Waals surface area contributed by atoms with E-state index in [9.17, 15) is 13.2 Å². The molecule has 33 heavy (non-hydrogen) atoms. The third kappa shape index (κ3) is 3.50. The van der Waals surface area contributed by atoms with Crippen LogP contribution in [0.4, 0.5) is 5.13 Å². The summed E-state index contributed by atoms with van der Waals surface area (Å²) in [4.78, 5) is 18.7. The largest absolute Gasteiger partial charge is 0.302 e. The van der Waals surface area contributed by atoms with E-state index in [1.807, 2.05) is 12.1 Å². The first kappa shape index (κ1) is 21.2. The van der Waals surface area contributed by atoms with Gasteiger partial charge in [0.2, 0.25) is 5.91 Å². The highest BCUT2D eigenvalue weighted by molar-refractivity contribution is 7.91. The molecular weight excluding hydrogens is 498 g/mol. The first-order chi connectivity index (χ1) is 15.9. The van der Waals surface area contributed by atoms with Crippen LogP contribution < -0.4 is 5.32 Å². The molecule has 2 aromatic heterocycles. The fourth-order valence-electron chi connectivity index (χ4n) is 4.60. The van der Waals surface area contributed by atoms with Crippen LogP contribution in [0.25, 0.3) is 32.5 Å². The summed E-state index contributed by atoms with van der Waals surface area (Å²) in [7, 11) is -3.57. The van der Waals surface area contributed by atoms with Crippen LogP contribution >= 0.6 is 34.3 Å². The molecular formula is C23H18ClN3O3S3. The molecule has 0 saturated carbocycles. The van der Waals surface area contributed by atoms with Crippen molar-refractivity contribution in [1.29, 1.82) is 0 Å². The van der Waals surface area contributed by atoms with Gasteiger partial charge in [-0.3, -0.25) is 4.79 Å². The number of halogens is 1. The molecule has 1 fully saturated rings. The van der Waals surface area contributed by atoms with Gasteiger partial charge in [-0.05, 0) is 35.7 Å². The van der Waals surface area contributed by atoms with Crippen LogP contribution in [-0.2, 0) is 14.8 Å². The molecule has 1 amide bonds. The van der Waals surface area contributed by atoms with Crippen molar-refractivity contribution in [2.45, 2.75) is 17.1 Å². The van der Waals surface area contributed by atoms with Gasteiger partial charge >= 0.3 is 0 Å². The average Bonchev–Trinajstić information content (AvgIpc) is 3.51. The Hall–Kier alpha value is -2.30. The number of aromatic nitrogens is 1. The monoisotopic (exact) mass is 515 g/mol. The van der Waals surface area contributed by atoms with Gasteiger partial charge in [0.05, 0.1) is 14.9 Å². The number of fused-ring (bicyclic) bond motifs is 3. The summed E-state index contributed by atoms with van der Waals surface area (Å²) in [5.74, 6) is -0.358. The third-order valence-electron chi connectivity index (χ3n) is 6.23. The number of nitrogens with one attached hydrogen (secondary N) is 1. The predicted molar refractivity (Wildman–Crippen MR) is 133 cm³/mol. The lowest BCUT2D eigenvalue weighted by molar-refractivity contribution is -0.120. The zero-order valence-corrected chi connectivity index (χ0v) is 20.5. The molecule has 1 N–H and O–H groups in total. The van der Waals surface area contributed by atoms with Crippen LogP contribution in [0.2, 0.25) is 4.34 Å². The molecule has 3 heterocycles. The van der Waals surface area contributed by atoms with E-state index in [1.54, 1.807) is 6.07 Å². The van der Waals surface area contributed by atoms with Crippen molar-refractivity contribution in [2.24, 2.45) is 5.92 Å². The lowest BCUT2D eigenvalue weighted by atomic mass is 9.97. The predicted octanol–water partition coefficient (Wildman–Crippen LogP) is 5.70. The molecule has 6 nitrogen and oxygen atoms in total. The first-order valence-corrected chi connectivity index (χ1v) is 14.0. The van der Waals surface area contributed by atoms with E-state index >= 15 is 0 Å². The zero-order chi connectivity index (χ0) is 22.7. The maximum Gasteiger partial charge on any atom is 0.252 e. The van der Waals surface area contributed by atoms with Gasteiger partial charge < -0.3 is 5.32 Å². The quantitative estimate of drug-likeness (QED) is 0.333. The van der Waals surface area contributed by atoms with Crippen LogP contribution in [0.5, 0.6) is 0 Å². The van der Waals surface area contributed by atoms with Gasteiger partial charge in [0.25, 0.3) is 10.0 Å². The Kier molecular flexibility index (Phi) is 5.08. The van der Waals surface area contributed by atoms with E-state index in [1.165, 1.54) is 32.5 Å². The molecule has 2 aliphatic rings. The normalized spacial score (nSPS) is 16.3. The van der Waals surface area contributed by atoms with Gasteiger partial charge in [-0.15, -0.1) is 11.3 Å². The zero-order valence-electron chi connectivity index (χ0n) is 17.2. The minimum absolute atomic E-state index is 0.106. The second kappa shape index (κ2) is 7.89. The molecule has 6 rings (SSSR count). The summed E-state index contributed by atoms with van der Waals surface area (Å²) in [5.41, 5.74) is 3.17. The molecule has 0 spiro atoms. The summed E-state index contributed by atoms with van der Waals surface area (Å²) in [6.45, 7) is 0.610.